The third kappa shape index (κ3) is 3.45. The summed E-state index contributed by atoms with van der Waals surface area (Å²) in [5, 5.41) is 5.45. The Morgan fingerprint density at radius 2 is 2.12 bits per heavy atom. The van der Waals surface area contributed by atoms with E-state index in [1.807, 2.05) is 6.92 Å². The molecule has 0 aliphatic carbocycles. The molecule has 0 bridgehead atoms. The van der Waals surface area contributed by atoms with E-state index >= 15 is 0 Å². The average molecular weight is 249 g/mol. The highest BCUT2D eigenvalue weighted by atomic mass is 19.4. The molecule has 96 valence electrons. The maximum atomic E-state index is 12.7. The van der Waals surface area contributed by atoms with Gasteiger partial charge in [0.15, 0.2) is 0 Å². The molecule has 0 radical (unpaired) electrons. The quantitative estimate of drug-likeness (QED) is 0.704. The molecule has 1 rings (SSSR count). The summed E-state index contributed by atoms with van der Waals surface area (Å²) in [5.41, 5.74) is 4.35. The standard InChI is InChI=1S/C9H14F3N5/c1-3-6(14-2)16-7-5(9(10,11)12)4-15-8(13)17-7/h4,6,14H,3H2,1-2H3,(H3,13,15,16,17). The molecule has 4 N–H and O–H groups in total. The van der Waals surface area contributed by atoms with Gasteiger partial charge in [-0.05, 0) is 13.5 Å². The minimum atomic E-state index is -4.51. The van der Waals surface area contributed by atoms with Gasteiger partial charge < -0.3 is 16.4 Å². The molecule has 1 aromatic heterocycles. The lowest BCUT2D eigenvalue weighted by Gasteiger charge is -2.19. The van der Waals surface area contributed by atoms with Crippen molar-refractivity contribution >= 4 is 11.8 Å². The minimum absolute atomic E-state index is 0.202. The fourth-order valence-electron chi connectivity index (χ4n) is 1.26. The molecule has 0 saturated heterocycles. The lowest BCUT2D eigenvalue weighted by Crippen LogP contribution is -2.34. The second-order valence-corrected chi connectivity index (χ2v) is 3.38. The fraction of sp³-hybridized carbons (Fsp3) is 0.556. The second-order valence-electron chi connectivity index (χ2n) is 3.38. The molecule has 0 spiro atoms. The fourth-order valence-corrected chi connectivity index (χ4v) is 1.26. The number of hydrogen-bond acceptors (Lipinski definition) is 5. The number of hydrogen-bond donors (Lipinski definition) is 3. The van der Waals surface area contributed by atoms with E-state index in [4.69, 9.17) is 5.73 Å². The van der Waals surface area contributed by atoms with Crippen LogP contribution in [-0.4, -0.2) is 23.2 Å². The van der Waals surface area contributed by atoms with Crippen LogP contribution in [0.5, 0.6) is 0 Å². The highest BCUT2D eigenvalue weighted by Crippen LogP contribution is 2.33. The van der Waals surface area contributed by atoms with Crippen LogP contribution in [0.4, 0.5) is 24.9 Å². The number of nitrogens with two attached hydrogens (primary N) is 1. The van der Waals surface area contributed by atoms with Gasteiger partial charge in [0.25, 0.3) is 0 Å². The summed E-state index contributed by atoms with van der Waals surface area (Å²) in [7, 11) is 1.64. The lowest BCUT2D eigenvalue weighted by atomic mass is 10.2. The average Bonchev–Trinajstić information content (AvgIpc) is 2.24. The van der Waals surface area contributed by atoms with Crippen molar-refractivity contribution in [2.24, 2.45) is 0 Å². The molecule has 0 fully saturated rings. The van der Waals surface area contributed by atoms with Crippen LogP contribution in [0.25, 0.3) is 0 Å². The van der Waals surface area contributed by atoms with Gasteiger partial charge in [-0.15, -0.1) is 0 Å². The van der Waals surface area contributed by atoms with E-state index in [2.05, 4.69) is 20.6 Å². The molecule has 0 aromatic carbocycles. The van der Waals surface area contributed by atoms with Crippen LogP contribution in [0, 0.1) is 0 Å². The Labute approximate surface area is 96.6 Å². The second kappa shape index (κ2) is 5.17. The Morgan fingerprint density at radius 3 is 2.59 bits per heavy atom. The summed E-state index contributed by atoms with van der Waals surface area (Å²) in [5.74, 6) is -0.516. The van der Waals surface area contributed by atoms with Crippen molar-refractivity contribution in [3.63, 3.8) is 0 Å². The van der Waals surface area contributed by atoms with Crippen LogP contribution in [0.15, 0.2) is 6.20 Å². The van der Waals surface area contributed by atoms with E-state index in [1.165, 1.54) is 0 Å². The molecule has 1 unspecified atom stereocenters. The van der Waals surface area contributed by atoms with Crippen LogP contribution < -0.4 is 16.4 Å². The Bertz CT molecular complexity index is 375. The van der Waals surface area contributed by atoms with Gasteiger partial charge in [0.05, 0.1) is 6.17 Å². The van der Waals surface area contributed by atoms with Gasteiger partial charge in [0.1, 0.15) is 11.4 Å². The molecular weight excluding hydrogens is 235 g/mol. The summed E-state index contributed by atoms with van der Waals surface area (Å²) in [6.07, 6.45) is -3.56. The first-order valence-electron chi connectivity index (χ1n) is 5.02. The summed E-state index contributed by atoms with van der Waals surface area (Å²) >= 11 is 0. The predicted octanol–water partition coefficient (Wildman–Crippen LogP) is 1.44. The summed E-state index contributed by atoms with van der Waals surface area (Å²) in [4.78, 5) is 6.92. The van der Waals surface area contributed by atoms with Crippen LogP contribution in [0.2, 0.25) is 0 Å². The van der Waals surface area contributed by atoms with E-state index in [0.29, 0.717) is 12.6 Å². The first-order chi connectivity index (χ1) is 7.88. The molecular formula is C9H14F3N5. The first kappa shape index (κ1) is 13.5. The number of aromatic nitrogens is 2. The molecule has 0 aliphatic heterocycles. The number of nitrogen functional groups attached to an aromatic ring is 1. The van der Waals surface area contributed by atoms with Crippen LogP contribution in [0.1, 0.15) is 18.9 Å². The monoisotopic (exact) mass is 249 g/mol. The van der Waals surface area contributed by atoms with Gasteiger partial charge in [-0.3, -0.25) is 0 Å². The van der Waals surface area contributed by atoms with Crippen LogP contribution in [-0.2, 0) is 6.18 Å². The smallest absolute Gasteiger partial charge is 0.368 e. The van der Waals surface area contributed by atoms with Gasteiger partial charge in [-0.25, -0.2) is 4.98 Å². The van der Waals surface area contributed by atoms with E-state index < -0.39 is 11.7 Å². The summed E-state index contributed by atoms with van der Waals surface area (Å²) in [6.45, 7) is 1.83. The van der Waals surface area contributed by atoms with Crippen molar-refractivity contribution in [2.75, 3.05) is 18.1 Å². The normalized spacial score (nSPS) is 13.5. The lowest BCUT2D eigenvalue weighted by molar-refractivity contribution is -0.137. The topological polar surface area (TPSA) is 75.9 Å². The Hall–Kier alpha value is -1.57. The van der Waals surface area contributed by atoms with Crippen molar-refractivity contribution in [3.8, 4) is 0 Å². The van der Waals surface area contributed by atoms with Crippen LogP contribution in [0.3, 0.4) is 0 Å². The van der Waals surface area contributed by atoms with Gasteiger partial charge >= 0.3 is 6.18 Å². The number of anilines is 2. The number of nitrogens with one attached hydrogen (secondary N) is 2. The van der Waals surface area contributed by atoms with E-state index in [-0.39, 0.29) is 17.9 Å². The van der Waals surface area contributed by atoms with Crippen LogP contribution >= 0.6 is 0 Å². The highest BCUT2D eigenvalue weighted by Gasteiger charge is 2.35. The van der Waals surface area contributed by atoms with Gasteiger partial charge in [0, 0.05) is 6.20 Å². The maximum Gasteiger partial charge on any atom is 0.421 e. The summed E-state index contributed by atoms with van der Waals surface area (Å²) in [6, 6.07) is 0. The van der Waals surface area contributed by atoms with Crippen molar-refractivity contribution in [1.82, 2.24) is 15.3 Å². The Balaban J connectivity index is 3.07. The predicted molar refractivity (Wildman–Crippen MR) is 58.2 cm³/mol. The third-order valence-corrected chi connectivity index (χ3v) is 2.18. The van der Waals surface area contributed by atoms with Gasteiger partial charge in [-0.1, -0.05) is 6.92 Å². The maximum absolute atomic E-state index is 12.7. The molecule has 8 heteroatoms. The number of nitrogens with zero attached hydrogens (tertiary/aromatic N) is 2. The first-order valence-corrected chi connectivity index (χ1v) is 5.02. The summed E-state index contributed by atoms with van der Waals surface area (Å²) < 4.78 is 38.0. The molecule has 5 nitrogen and oxygen atoms in total. The van der Waals surface area contributed by atoms with Crippen molar-refractivity contribution in [3.05, 3.63) is 11.8 Å². The SMILES string of the molecule is CCC(NC)Nc1nc(N)ncc1C(F)(F)F. The molecule has 0 saturated carbocycles. The molecule has 0 aliphatic rings. The molecule has 17 heavy (non-hydrogen) atoms. The molecule has 1 heterocycles. The van der Waals surface area contributed by atoms with E-state index in [0.717, 1.165) is 0 Å². The Morgan fingerprint density at radius 1 is 1.47 bits per heavy atom. The van der Waals surface area contributed by atoms with E-state index in [1.54, 1.807) is 7.05 Å². The zero-order valence-corrected chi connectivity index (χ0v) is 9.47. The molecule has 1 atom stereocenters. The highest BCUT2D eigenvalue weighted by molar-refractivity contribution is 5.48. The number of rotatable bonds is 4. The van der Waals surface area contributed by atoms with Gasteiger partial charge in [-0.2, -0.15) is 18.2 Å². The zero-order valence-electron chi connectivity index (χ0n) is 9.47. The molecule has 1 aromatic rings. The zero-order chi connectivity index (χ0) is 13.1. The Kier molecular flexibility index (Phi) is 4.11. The number of halogens is 3. The largest absolute Gasteiger partial charge is 0.421 e. The van der Waals surface area contributed by atoms with Crippen molar-refractivity contribution in [2.45, 2.75) is 25.7 Å². The van der Waals surface area contributed by atoms with E-state index in [9.17, 15) is 13.2 Å². The third-order valence-electron chi connectivity index (χ3n) is 2.18. The van der Waals surface area contributed by atoms with Crippen molar-refractivity contribution in [1.29, 1.82) is 0 Å². The molecule has 0 amide bonds. The minimum Gasteiger partial charge on any atom is -0.368 e. The number of alkyl halides is 3. The van der Waals surface area contributed by atoms with Gasteiger partial charge in [0.2, 0.25) is 5.95 Å². The van der Waals surface area contributed by atoms with Crippen molar-refractivity contribution < 1.29 is 13.2 Å².